The second-order valence-corrected chi connectivity index (χ2v) is 11.7. The molecule has 2 aliphatic heterocycles. The summed E-state index contributed by atoms with van der Waals surface area (Å²) in [5, 5.41) is 8.05. The highest BCUT2D eigenvalue weighted by molar-refractivity contribution is 7.90. The molecule has 2 aromatic rings. The number of nitrogens with one attached hydrogen (secondary N) is 2. The monoisotopic (exact) mass is 545 g/mol. The van der Waals surface area contributed by atoms with Crippen LogP contribution in [0.1, 0.15) is 32.3 Å². The fourth-order valence-corrected chi connectivity index (χ4v) is 6.08. The Morgan fingerprint density at radius 2 is 1.73 bits per heavy atom. The average molecular weight is 546 g/mol. The van der Waals surface area contributed by atoms with E-state index in [1.54, 1.807) is 12.1 Å². The van der Waals surface area contributed by atoms with E-state index in [2.05, 4.69) is 9.80 Å². The van der Waals surface area contributed by atoms with Gasteiger partial charge in [0.2, 0.25) is 11.8 Å². The Bertz CT molecular complexity index is 1290. The van der Waals surface area contributed by atoms with Gasteiger partial charge < -0.3 is 20.1 Å². The molecule has 0 saturated carbocycles. The van der Waals surface area contributed by atoms with E-state index >= 15 is 0 Å². The molecule has 0 unspecified atom stereocenters. The van der Waals surface area contributed by atoms with Gasteiger partial charge in [0.1, 0.15) is 6.04 Å². The van der Waals surface area contributed by atoms with Crippen LogP contribution < -0.4 is 14.5 Å². The van der Waals surface area contributed by atoms with Gasteiger partial charge in [0, 0.05) is 54.8 Å². The summed E-state index contributed by atoms with van der Waals surface area (Å²) in [7, 11) is -4.00. The van der Waals surface area contributed by atoms with Crippen LogP contribution in [0.2, 0.25) is 5.02 Å². The zero-order valence-electron chi connectivity index (χ0n) is 21.0. The van der Waals surface area contributed by atoms with Crippen molar-refractivity contribution in [1.82, 2.24) is 9.62 Å². The molecule has 2 N–H and O–H groups in total. The van der Waals surface area contributed by atoms with Crippen molar-refractivity contribution in [3.8, 4) is 0 Å². The van der Waals surface area contributed by atoms with Crippen LogP contribution in [-0.2, 0) is 26.0 Å². The summed E-state index contributed by atoms with van der Waals surface area (Å²) in [4.78, 5) is 31.3. The molecule has 1 fully saturated rings. The molecule has 198 valence electrons. The van der Waals surface area contributed by atoms with Gasteiger partial charge in [-0.2, -0.15) is 0 Å². The Balaban J connectivity index is 1.35. The Morgan fingerprint density at radius 3 is 2.38 bits per heavy atom. The van der Waals surface area contributed by atoms with Crippen LogP contribution in [-0.4, -0.2) is 69.6 Å². The molecule has 2 aromatic carbocycles. The second kappa shape index (κ2) is 11.1. The number of rotatable bonds is 7. The lowest BCUT2D eigenvalue weighted by Gasteiger charge is -2.41. The van der Waals surface area contributed by atoms with Gasteiger partial charge in [-0.3, -0.25) is 9.59 Å². The summed E-state index contributed by atoms with van der Waals surface area (Å²) in [5.74, 6) is -0.636. The van der Waals surface area contributed by atoms with Gasteiger partial charge in [-0.05, 0) is 74.7 Å². The number of aryl methyl sites for hydroxylation is 1. The number of carbonyl (C=O) groups excluding carboxylic acids is 2. The number of carbonyl (C=O) groups is 2. The Kier molecular flexibility index (Phi) is 8.08. The minimum Gasteiger partial charge on any atom is -0.368 e. The van der Waals surface area contributed by atoms with Gasteiger partial charge in [0.05, 0.1) is 11.3 Å². The van der Waals surface area contributed by atoms with E-state index in [0.717, 1.165) is 30.8 Å². The highest BCUT2D eigenvalue weighted by atomic mass is 35.5. The molecule has 0 aliphatic carbocycles. The Hall–Kier alpha value is -3.11. The lowest BCUT2D eigenvalue weighted by molar-refractivity contribution is -0.132. The molecule has 4 rings (SSSR count). The van der Waals surface area contributed by atoms with Crippen LogP contribution in [0.25, 0.3) is 0 Å². The predicted octanol–water partition coefficient (Wildman–Crippen LogP) is 3.06. The van der Waals surface area contributed by atoms with Crippen molar-refractivity contribution in [3.63, 3.8) is 0 Å². The van der Waals surface area contributed by atoms with Crippen LogP contribution in [0.4, 0.5) is 11.4 Å². The number of sulfonamides is 1. The molecule has 0 bridgehead atoms. The second-order valence-electron chi connectivity index (χ2n) is 9.54. The molecule has 2 amide bonds. The maximum absolute atomic E-state index is 13.4. The standard InChI is InChI=1S/C26H32ClN5O4S/c1-18(28)16-25(33)29-37(35,36)23-8-6-22(7-9-23)30-12-14-31(15-13-30)26(34)19(2)32-11-3-4-20-17-21(27)5-10-24(20)32/h5-10,17,19,28H,3-4,11-16H2,1-2H3,(H,29,33)/t19-/m1/s1. The van der Waals surface area contributed by atoms with Gasteiger partial charge in [0.25, 0.3) is 10.0 Å². The number of hydrogen-bond acceptors (Lipinski definition) is 7. The fraction of sp³-hybridized carbons (Fsp3) is 0.423. The van der Waals surface area contributed by atoms with E-state index in [0.29, 0.717) is 31.2 Å². The summed E-state index contributed by atoms with van der Waals surface area (Å²) in [6.45, 7) is 6.64. The third-order valence-electron chi connectivity index (χ3n) is 6.80. The number of halogens is 1. The number of amides is 2. The van der Waals surface area contributed by atoms with Crippen molar-refractivity contribution in [2.24, 2.45) is 0 Å². The molecule has 0 spiro atoms. The van der Waals surface area contributed by atoms with Gasteiger partial charge >= 0.3 is 0 Å². The maximum atomic E-state index is 13.4. The first-order valence-electron chi connectivity index (χ1n) is 12.3. The summed E-state index contributed by atoms with van der Waals surface area (Å²) in [6, 6.07) is 11.9. The Labute approximate surface area is 222 Å². The lowest BCUT2D eigenvalue weighted by atomic mass is 10.00. The zero-order valence-corrected chi connectivity index (χ0v) is 22.6. The number of fused-ring (bicyclic) bond motifs is 1. The molecule has 9 nitrogen and oxygen atoms in total. The van der Waals surface area contributed by atoms with Crippen molar-refractivity contribution < 1.29 is 18.0 Å². The number of benzene rings is 2. The van der Waals surface area contributed by atoms with Gasteiger partial charge in [-0.25, -0.2) is 13.1 Å². The highest BCUT2D eigenvalue weighted by Gasteiger charge is 2.31. The molecule has 1 saturated heterocycles. The molecule has 11 heteroatoms. The summed E-state index contributed by atoms with van der Waals surface area (Å²) < 4.78 is 26.9. The van der Waals surface area contributed by atoms with Gasteiger partial charge in [-0.1, -0.05) is 11.6 Å². The van der Waals surface area contributed by atoms with E-state index in [1.165, 1.54) is 24.6 Å². The first kappa shape index (κ1) is 26.9. The third-order valence-corrected chi connectivity index (χ3v) is 8.42. The summed E-state index contributed by atoms with van der Waals surface area (Å²) in [6.07, 6.45) is 1.68. The third kappa shape index (κ3) is 6.24. The largest absolute Gasteiger partial charge is 0.368 e. The minimum atomic E-state index is -4.00. The topological polar surface area (TPSA) is 114 Å². The van der Waals surface area contributed by atoms with E-state index < -0.39 is 15.9 Å². The van der Waals surface area contributed by atoms with Crippen molar-refractivity contribution in [2.45, 2.75) is 44.0 Å². The van der Waals surface area contributed by atoms with E-state index in [-0.39, 0.29) is 29.0 Å². The first-order chi connectivity index (χ1) is 17.5. The molecule has 2 aliphatic rings. The van der Waals surface area contributed by atoms with E-state index in [4.69, 9.17) is 17.0 Å². The number of nitrogens with zero attached hydrogens (tertiary/aromatic N) is 3. The number of hydrogen-bond donors (Lipinski definition) is 2. The normalized spacial score (nSPS) is 16.7. The van der Waals surface area contributed by atoms with Crippen molar-refractivity contribution in [1.29, 1.82) is 5.41 Å². The molecular weight excluding hydrogens is 514 g/mol. The van der Waals surface area contributed by atoms with Crippen LogP contribution in [0.15, 0.2) is 47.4 Å². The molecule has 1 atom stereocenters. The van der Waals surface area contributed by atoms with Gasteiger partial charge in [0.15, 0.2) is 0 Å². The van der Waals surface area contributed by atoms with Crippen molar-refractivity contribution in [2.75, 3.05) is 42.5 Å². The molecule has 0 aromatic heterocycles. The van der Waals surface area contributed by atoms with Crippen molar-refractivity contribution >= 4 is 50.5 Å². The summed E-state index contributed by atoms with van der Waals surface area (Å²) >= 11 is 6.17. The average Bonchev–Trinajstić information content (AvgIpc) is 2.86. The van der Waals surface area contributed by atoms with Crippen molar-refractivity contribution in [3.05, 3.63) is 53.1 Å². The fourth-order valence-electron chi connectivity index (χ4n) is 4.90. The van der Waals surface area contributed by atoms with Crippen LogP contribution in [0.5, 0.6) is 0 Å². The van der Waals surface area contributed by atoms with Crippen LogP contribution in [0.3, 0.4) is 0 Å². The maximum Gasteiger partial charge on any atom is 0.264 e. The quantitative estimate of drug-likeness (QED) is 0.517. The summed E-state index contributed by atoms with van der Waals surface area (Å²) in [5.41, 5.74) is 3.19. The highest BCUT2D eigenvalue weighted by Crippen LogP contribution is 2.31. The van der Waals surface area contributed by atoms with Gasteiger partial charge in [-0.15, -0.1) is 0 Å². The number of piperazine rings is 1. The SMILES string of the molecule is CC(=N)CC(=O)NS(=O)(=O)c1ccc(N2CCN(C(=O)[C@@H](C)N3CCCc4cc(Cl)ccc43)CC2)cc1. The van der Waals surface area contributed by atoms with Crippen LogP contribution in [0, 0.1) is 5.41 Å². The minimum absolute atomic E-state index is 0.0158. The molecule has 0 radical (unpaired) electrons. The Morgan fingerprint density at radius 1 is 1.05 bits per heavy atom. The predicted molar refractivity (Wildman–Crippen MR) is 145 cm³/mol. The van der Waals surface area contributed by atoms with E-state index in [9.17, 15) is 18.0 Å². The number of anilines is 2. The molecule has 37 heavy (non-hydrogen) atoms. The zero-order chi connectivity index (χ0) is 26.7. The lowest BCUT2D eigenvalue weighted by Crippen LogP contribution is -2.55. The molecular formula is C26H32ClN5O4S. The van der Waals surface area contributed by atoms with Crippen LogP contribution >= 0.6 is 11.6 Å². The smallest absolute Gasteiger partial charge is 0.264 e. The van der Waals surface area contributed by atoms with E-state index in [1.807, 2.05) is 34.7 Å². The first-order valence-corrected chi connectivity index (χ1v) is 14.2. The molecule has 2 heterocycles.